The van der Waals surface area contributed by atoms with Crippen molar-refractivity contribution in [1.82, 2.24) is 0 Å². The first kappa shape index (κ1) is 33.2. The average Bonchev–Trinajstić information content (AvgIpc) is 2.98. The number of benzene rings is 1. The lowest BCUT2D eigenvalue weighted by Gasteiger charge is -2.70. The number of methoxy groups -OCH3 is 1. The van der Waals surface area contributed by atoms with Crippen LogP contribution in [-0.2, 0) is 14.3 Å². The molecule has 1 aromatic carbocycles. The van der Waals surface area contributed by atoms with Gasteiger partial charge in [0.15, 0.2) is 11.5 Å². The highest BCUT2D eigenvalue weighted by molar-refractivity contribution is 5.87. The standard InChI is InChI=1S/C40H56O6/c1-35(2)19-20-37(5)21-22-40(34(43)44)26(27(37)24-35)11-13-31-38(6)17-16-32(36(3,4)30(38)15-18-39(31,40)7)46-33(42)14-10-25-9-12-28(41)29(23-25)45-8/h9-12,14,23,27,30-32,41H,13,15-22,24H2,1-8H3,(H,43,44)/t27-,30+,31-,32-,37-,38+,39-,40-/m1/s1. The number of carboxylic acid groups (broad SMARTS) is 1. The maximum Gasteiger partial charge on any atom is 0.331 e. The van der Waals surface area contributed by atoms with Crippen molar-refractivity contribution < 1.29 is 29.3 Å². The maximum absolute atomic E-state index is 13.8. The van der Waals surface area contributed by atoms with Crippen LogP contribution in [0, 0.1) is 50.2 Å². The summed E-state index contributed by atoms with van der Waals surface area (Å²) in [6.07, 6.45) is 15.1. The fourth-order valence-corrected chi connectivity index (χ4v) is 12.0. The number of esters is 1. The van der Waals surface area contributed by atoms with Gasteiger partial charge in [-0.2, -0.15) is 0 Å². The molecule has 5 aliphatic rings. The number of hydrogen-bond acceptors (Lipinski definition) is 5. The molecule has 0 radical (unpaired) electrons. The van der Waals surface area contributed by atoms with Crippen LogP contribution in [0.5, 0.6) is 11.5 Å². The van der Waals surface area contributed by atoms with E-state index in [1.54, 1.807) is 24.3 Å². The second-order valence-electron chi connectivity index (χ2n) is 17.8. The Morgan fingerprint density at radius 3 is 2.33 bits per heavy atom. The number of aromatic hydroxyl groups is 1. The number of phenolic OH excluding ortho intramolecular Hbond substituents is 1. The molecule has 6 nitrogen and oxygen atoms in total. The highest BCUT2D eigenvalue weighted by Gasteiger charge is 2.71. The van der Waals surface area contributed by atoms with Gasteiger partial charge >= 0.3 is 11.9 Å². The summed E-state index contributed by atoms with van der Waals surface area (Å²) in [6.45, 7) is 16.5. The molecule has 0 unspecified atom stereocenters. The lowest BCUT2D eigenvalue weighted by molar-refractivity contribution is -0.218. The lowest BCUT2D eigenvalue weighted by atomic mass is 9.33. The van der Waals surface area contributed by atoms with Crippen LogP contribution in [0.2, 0.25) is 0 Å². The maximum atomic E-state index is 13.8. The molecule has 6 heteroatoms. The fourth-order valence-electron chi connectivity index (χ4n) is 12.0. The molecule has 8 atom stereocenters. The second kappa shape index (κ2) is 10.9. The van der Waals surface area contributed by atoms with E-state index in [0.717, 1.165) is 56.9 Å². The van der Waals surface area contributed by atoms with Crippen molar-refractivity contribution in [3.8, 4) is 11.5 Å². The van der Waals surface area contributed by atoms with Crippen LogP contribution in [0.4, 0.5) is 0 Å². The zero-order valence-corrected chi connectivity index (χ0v) is 29.4. The topological polar surface area (TPSA) is 93.1 Å². The molecule has 5 aliphatic carbocycles. The first-order valence-electron chi connectivity index (χ1n) is 17.6. The Morgan fingerprint density at radius 1 is 0.913 bits per heavy atom. The molecule has 252 valence electrons. The van der Waals surface area contributed by atoms with Crippen molar-refractivity contribution in [1.29, 1.82) is 0 Å². The van der Waals surface area contributed by atoms with Gasteiger partial charge in [-0.05, 0) is 127 Å². The van der Waals surface area contributed by atoms with E-state index in [4.69, 9.17) is 9.47 Å². The molecule has 0 bridgehead atoms. The van der Waals surface area contributed by atoms with Gasteiger partial charge in [-0.25, -0.2) is 4.79 Å². The fraction of sp³-hybridized carbons (Fsp3) is 0.700. The van der Waals surface area contributed by atoms with Crippen LogP contribution in [0.15, 0.2) is 35.9 Å². The third-order valence-corrected chi connectivity index (χ3v) is 14.7. The molecular weight excluding hydrogens is 576 g/mol. The molecular formula is C40H56O6. The largest absolute Gasteiger partial charge is 0.504 e. The second-order valence-corrected chi connectivity index (χ2v) is 17.8. The SMILES string of the molecule is COc1cc(C=CC(=O)O[C@@H]2CC[C@]3(C)[C@H]4CC=C5[C@H]6CC(C)(C)CC[C@]6(C)CC[C@@]5(C(=O)O)[C@]4(C)CC[C@H]3C2(C)C)ccc1O. The summed E-state index contributed by atoms with van der Waals surface area (Å²) in [4.78, 5) is 26.9. The van der Waals surface area contributed by atoms with Gasteiger partial charge in [0.1, 0.15) is 6.10 Å². The number of fused-ring (bicyclic) bond motifs is 7. The van der Waals surface area contributed by atoms with Crippen molar-refractivity contribution in [2.24, 2.45) is 50.2 Å². The third-order valence-electron chi connectivity index (χ3n) is 14.7. The first-order valence-corrected chi connectivity index (χ1v) is 17.6. The molecule has 2 N–H and O–H groups in total. The average molecular weight is 633 g/mol. The number of carboxylic acids is 1. The van der Waals surface area contributed by atoms with Gasteiger partial charge in [-0.15, -0.1) is 0 Å². The molecule has 46 heavy (non-hydrogen) atoms. The van der Waals surface area contributed by atoms with Gasteiger partial charge in [-0.1, -0.05) is 66.2 Å². The Labute approximate surface area is 276 Å². The van der Waals surface area contributed by atoms with Gasteiger partial charge in [0.05, 0.1) is 12.5 Å². The molecule has 4 saturated carbocycles. The Morgan fingerprint density at radius 2 is 1.63 bits per heavy atom. The van der Waals surface area contributed by atoms with E-state index in [0.29, 0.717) is 17.6 Å². The van der Waals surface area contributed by atoms with E-state index in [-0.39, 0.29) is 50.8 Å². The van der Waals surface area contributed by atoms with E-state index in [1.807, 2.05) is 0 Å². The minimum atomic E-state index is -0.809. The van der Waals surface area contributed by atoms with Gasteiger partial charge in [0.2, 0.25) is 0 Å². The van der Waals surface area contributed by atoms with E-state index in [9.17, 15) is 19.8 Å². The van der Waals surface area contributed by atoms with Gasteiger partial charge in [0.25, 0.3) is 0 Å². The number of hydrogen-bond donors (Lipinski definition) is 2. The zero-order valence-electron chi connectivity index (χ0n) is 29.4. The lowest BCUT2D eigenvalue weighted by Crippen LogP contribution is -2.67. The van der Waals surface area contributed by atoms with Crippen LogP contribution in [0.25, 0.3) is 6.08 Å². The van der Waals surface area contributed by atoms with Gasteiger partial charge in [-0.3, -0.25) is 4.79 Å². The predicted octanol–water partition coefficient (Wildman–Crippen LogP) is 9.21. The summed E-state index contributed by atoms with van der Waals surface area (Å²) in [7, 11) is 1.50. The normalized spacial score (nSPS) is 40.8. The summed E-state index contributed by atoms with van der Waals surface area (Å²) in [5.41, 5.74) is 1.01. The number of rotatable bonds is 5. The van der Waals surface area contributed by atoms with Crippen LogP contribution in [0.3, 0.4) is 0 Å². The molecule has 4 fully saturated rings. The Hall–Kier alpha value is -2.76. The molecule has 0 aromatic heterocycles. The quantitative estimate of drug-likeness (QED) is 0.191. The van der Waals surface area contributed by atoms with Crippen molar-refractivity contribution in [2.75, 3.05) is 7.11 Å². The highest BCUT2D eigenvalue weighted by Crippen LogP contribution is 2.76. The van der Waals surface area contributed by atoms with Gasteiger partial charge < -0.3 is 19.7 Å². The van der Waals surface area contributed by atoms with Crippen LogP contribution >= 0.6 is 0 Å². The van der Waals surface area contributed by atoms with Crippen LogP contribution in [0.1, 0.15) is 118 Å². The van der Waals surface area contributed by atoms with E-state index >= 15 is 0 Å². The number of carbonyl (C=O) groups excluding carboxylic acids is 1. The minimum Gasteiger partial charge on any atom is -0.504 e. The highest BCUT2D eigenvalue weighted by atomic mass is 16.5. The van der Waals surface area contributed by atoms with Crippen LogP contribution < -0.4 is 4.74 Å². The monoisotopic (exact) mass is 632 g/mol. The molecule has 0 amide bonds. The first-order chi connectivity index (χ1) is 21.4. The van der Waals surface area contributed by atoms with E-state index < -0.39 is 11.4 Å². The van der Waals surface area contributed by atoms with Crippen molar-refractivity contribution in [3.63, 3.8) is 0 Å². The molecule has 0 spiro atoms. The van der Waals surface area contributed by atoms with E-state index in [1.165, 1.54) is 31.6 Å². The van der Waals surface area contributed by atoms with Gasteiger partial charge in [0, 0.05) is 11.5 Å². The number of aliphatic carboxylic acids is 1. The molecule has 0 heterocycles. The van der Waals surface area contributed by atoms with Crippen molar-refractivity contribution >= 4 is 18.0 Å². The smallest absolute Gasteiger partial charge is 0.331 e. The molecule has 0 aliphatic heterocycles. The number of phenols is 1. The Bertz CT molecular complexity index is 1470. The number of allylic oxidation sites excluding steroid dienone is 1. The summed E-state index contributed by atoms with van der Waals surface area (Å²) in [6, 6.07) is 4.96. The Kier molecular flexibility index (Phi) is 7.84. The summed E-state index contributed by atoms with van der Waals surface area (Å²) < 4.78 is 11.4. The van der Waals surface area contributed by atoms with Crippen LogP contribution in [-0.4, -0.2) is 35.4 Å². The minimum absolute atomic E-state index is 0.0467. The Balaban J connectivity index is 1.27. The number of carbonyl (C=O) groups is 2. The third kappa shape index (κ3) is 4.78. The molecule has 1 aromatic rings. The zero-order chi connectivity index (χ0) is 33.5. The van der Waals surface area contributed by atoms with E-state index in [2.05, 4.69) is 54.5 Å². The number of ether oxygens (including phenoxy) is 2. The summed E-state index contributed by atoms with van der Waals surface area (Å²) >= 11 is 0. The predicted molar refractivity (Wildman–Crippen MR) is 180 cm³/mol. The summed E-state index contributed by atoms with van der Waals surface area (Å²) in [5.74, 6) is 0.358. The van der Waals surface area contributed by atoms with Crippen molar-refractivity contribution in [3.05, 3.63) is 41.5 Å². The molecule has 6 rings (SSSR count). The molecule has 0 saturated heterocycles. The summed E-state index contributed by atoms with van der Waals surface area (Å²) in [5, 5.41) is 21.2. The van der Waals surface area contributed by atoms with Crippen molar-refractivity contribution in [2.45, 2.75) is 119 Å².